The fraction of sp³-hybridized carbons (Fsp3) is 0.278. The molecule has 2 aromatic rings. The minimum atomic E-state index is -3.94. The molecular weight excluding hydrogens is 418 g/mol. The summed E-state index contributed by atoms with van der Waals surface area (Å²) in [5, 5.41) is 7.53. The van der Waals surface area contributed by atoms with Crippen LogP contribution >= 0.6 is 0 Å². The average Bonchev–Trinajstić information content (AvgIpc) is 2.62. The fourth-order valence-electron chi connectivity index (χ4n) is 2.44. The Morgan fingerprint density at radius 3 is 2.17 bits per heavy atom. The van der Waals surface area contributed by atoms with Gasteiger partial charge in [-0.1, -0.05) is 0 Å². The number of aryl methyl sites for hydroxylation is 1. The maximum absolute atomic E-state index is 12.6. The Hall–Kier alpha value is -2.47. The number of hydrogen-bond acceptors (Lipinski definition) is 6. The van der Waals surface area contributed by atoms with Crippen LogP contribution < -0.4 is 19.9 Å². The second kappa shape index (κ2) is 8.91. The van der Waals surface area contributed by atoms with Gasteiger partial charge in [0.05, 0.1) is 22.4 Å². The van der Waals surface area contributed by atoms with Crippen LogP contribution in [-0.4, -0.2) is 35.4 Å². The molecule has 0 heterocycles. The molecule has 0 radical (unpaired) electrons. The van der Waals surface area contributed by atoms with Crippen LogP contribution in [-0.2, 0) is 24.8 Å². The number of ether oxygens (including phenoxy) is 1. The normalized spacial score (nSPS) is 13.0. The number of carbonyl (C=O) groups is 1. The molecule has 29 heavy (non-hydrogen) atoms. The van der Waals surface area contributed by atoms with Crippen LogP contribution in [0.2, 0.25) is 0 Å². The Bertz CT molecular complexity index is 1100. The lowest BCUT2D eigenvalue weighted by atomic mass is 10.2. The molecule has 0 aliphatic carbocycles. The minimum Gasteiger partial charge on any atom is -0.494 e. The molecule has 0 bridgehead atoms. The van der Waals surface area contributed by atoms with Gasteiger partial charge in [-0.05, 0) is 68.8 Å². The van der Waals surface area contributed by atoms with Gasteiger partial charge in [0, 0.05) is 5.69 Å². The van der Waals surface area contributed by atoms with E-state index < -0.39 is 32.0 Å². The second-order valence-corrected chi connectivity index (χ2v) is 9.54. The third-order valence-corrected chi connectivity index (χ3v) is 6.40. The van der Waals surface area contributed by atoms with E-state index in [0.717, 1.165) is 0 Å². The third-order valence-electron chi connectivity index (χ3n) is 3.93. The first-order chi connectivity index (χ1) is 13.4. The minimum absolute atomic E-state index is 0.00982. The zero-order valence-corrected chi connectivity index (χ0v) is 17.8. The first-order valence-electron chi connectivity index (χ1n) is 8.63. The van der Waals surface area contributed by atoms with E-state index >= 15 is 0 Å². The molecule has 1 amide bonds. The Morgan fingerprint density at radius 1 is 1.07 bits per heavy atom. The number of hydrogen-bond donors (Lipinski definition) is 3. The number of nitrogens with two attached hydrogens (primary N) is 1. The molecule has 0 aliphatic rings. The van der Waals surface area contributed by atoms with Crippen LogP contribution in [0.1, 0.15) is 19.4 Å². The van der Waals surface area contributed by atoms with Crippen LogP contribution in [0.5, 0.6) is 5.75 Å². The van der Waals surface area contributed by atoms with Crippen LogP contribution in [0, 0.1) is 6.92 Å². The zero-order valence-electron chi connectivity index (χ0n) is 16.2. The lowest BCUT2D eigenvalue weighted by molar-refractivity contribution is -0.117. The van der Waals surface area contributed by atoms with E-state index in [4.69, 9.17) is 9.88 Å². The molecule has 2 rings (SSSR count). The highest BCUT2D eigenvalue weighted by molar-refractivity contribution is 7.89. The van der Waals surface area contributed by atoms with Gasteiger partial charge < -0.3 is 10.1 Å². The van der Waals surface area contributed by atoms with E-state index in [1.165, 1.54) is 43.3 Å². The largest absolute Gasteiger partial charge is 0.494 e. The summed E-state index contributed by atoms with van der Waals surface area (Å²) in [4.78, 5) is 12.2. The van der Waals surface area contributed by atoms with E-state index in [2.05, 4.69) is 10.0 Å². The summed E-state index contributed by atoms with van der Waals surface area (Å²) in [7, 11) is -7.78. The second-order valence-electron chi connectivity index (χ2n) is 6.26. The number of carbonyl (C=O) groups excluding carboxylic acids is 1. The molecule has 158 valence electrons. The van der Waals surface area contributed by atoms with Gasteiger partial charge in [0.15, 0.2) is 0 Å². The number of primary sulfonamides is 1. The topological polar surface area (TPSA) is 145 Å². The number of nitrogens with one attached hydrogen (secondary N) is 2. The summed E-state index contributed by atoms with van der Waals surface area (Å²) in [6.07, 6.45) is 0. The fourth-order valence-corrected chi connectivity index (χ4v) is 4.24. The van der Waals surface area contributed by atoms with E-state index in [1.807, 2.05) is 6.92 Å². The Balaban J connectivity index is 2.09. The maximum atomic E-state index is 12.6. The molecule has 0 saturated carbocycles. The molecule has 0 saturated heterocycles. The van der Waals surface area contributed by atoms with Gasteiger partial charge in [0.25, 0.3) is 0 Å². The lowest BCUT2D eigenvalue weighted by Crippen LogP contribution is -2.41. The SMILES string of the molecule is CCOc1ccc(S(=O)(=O)N[C@H](C)C(=O)Nc2ccc(S(N)(=O)=O)cc2)cc1C. The van der Waals surface area contributed by atoms with Gasteiger partial charge in [-0.3, -0.25) is 4.79 Å². The number of benzene rings is 2. The van der Waals surface area contributed by atoms with Crippen molar-refractivity contribution in [1.82, 2.24) is 4.72 Å². The number of amides is 1. The number of rotatable bonds is 8. The van der Waals surface area contributed by atoms with Crippen LogP contribution in [0.15, 0.2) is 52.3 Å². The molecule has 11 heteroatoms. The smallest absolute Gasteiger partial charge is 0.242 e. The van der Waals surface area contributed by atoms with Crippen molar-refractivity contribution in [3.8, 4) is 5.75 Å². The molecule has 2 aromatic carbocycles. The highest BCUT2D eigenvalue weighted by Gasteiger charge is 2.23. The Labute approximate surface area is 170 Å². The first-order valence-corrected chi connectivity index (χ1v) is 11.7. The van der Waals surface area contributed by atoms with Gasteiger partial charge in [-0.25, -0.2) is 22.0 Å². The Kier molecular flexibility index (Phi) is 7.01. The van der Waals surface area contributed by atoms with Gasteiger partial charge in [0.1, 0.15) is 5.75 Å². The summed E-state index contributed by atoms with van der Waals surface area (Å²) >= 11 is 0. The van der Waals surface area contributed by atoms with Crippen molar-refractivity contribution in [2.24, 2.45) is 5.14 Å². The highest BCUT2D eigenvalue weighted by Crippen LogP contribution is 2.22. The van der Waals surface area contributed by atoms with Gasteiger partial charge in [-0.15, -0.1) is 0 Å². The molecule has 4 N–H and O–H groups in total. The summed E-state index contributed by atoms with van der Waals surface area (Å²) in [5.41, 5.74) is 0.951. The predicted octanol–water partition coefficient (Wildman–Crippen LogP) is 1.35. The summed E-state index contributed by atoms with van der Waals surface area (Å²) < 4.78 is 55.3. The first kappa shape index (κ1) is 22.8. The third kappa shape index (κ3) is 6.00. The van der Waals surface area contributed by atoms with Gasteiger partial charge >= 0.3 is 0 Å². The quantitative estimate of drug-likeness (QED) is 0.564. The van der Waals surface area contributed by atoms with Crippen LogP contribution in [0.25, 0.3) is 0 Å². The number of anilines is 1. The summed E-state index contributed by atoms with van der Waals surface area (Å²) in [5.74, 6) is -0.0280. The van der Waals surface area contributed by atoms with Crippen molar-refractivity contribution < 1.29 is 26.4 Å². The highest BCUT2D eigenvalue weighted by atomic mass is 32.2. The van der Waals surface area contributed by atoms with Gasteiger partial charge in [-0.2, -0.15) is 4.72 Å². The summed E-state index contributed by atoms with van der Waals surface area (Å²) in [6, 6.07) is 8.53. The van der Waals surface area contributed by atoms with E-state index in [0.29, 0.717) is 23.6 Å². The predicted molar refractivity (Wildman–Crippen MR) is 109 cm³/mol. The molecule has 9 nitrogen and oxygen atoms in total. The Morgan fingerprint density at radius 2 is 1.66 bits per heavy atom. The van der Waals surface area contributed by atoms with Crippen LogP contribution in [0.4, 0.5) is 5.69 Å². The van der Waals surface area contributed by atoms with Crippen molar-refractivity contribution in [2.45, 2.75) is 36.6 Å². The molecule has 0 aromatic heterocycles. The van der Waals surface area contributed by atoms with Crippen molar-refractivity contribution in [1.29, 1.82) is 0 Å². The van der Waals surface area contributed by atoms with E-state index in [9.17, 15) is 21.6 Å². The average molecular weight is 442 g/mol. The molecule has 0 unspecified atom stereocenters. The molecular formula is C18H23N3O6S2. The molecule has 0 spiro atoms. The van der Waals surface area contributed by atoms with Gasteiger partial charge in [0.2, 0.25) is 26.0 Å². The standard InChI is InChI=1S/C18H23N3O6S2/c1-4-27-17-10-9-16(11-12(17)2)29(25,26)21-13(3)18(22)20-14-5-7-15(8-6-14)28(19,23)24/h5-11,13,21H,4H2,1-3H3,(H,20,22)(H2,19,23,24)/t13-/m1/s1. The molecule has 0 aliphatic heterocycles. The molecule has 1 atom stereocenters. The maximum Gasteiger partial charge on any atom is 0.242 e. The monoisotopic (exact) mass is 441 g/mol. The van der Waals surface area contributed by atoms with Crippen molar-refractivity contribution >= 4 is 31.6 Å². The van der Waals surface area contributed by atoms with Crippen molar-refractivity contribution in [3.05, 3.63) is 48.0 Å². The van der Waals surface area contributed by atoms with Crippen molar-refractivity contribution in [3.63, 3.8) is 0 Å². The summed E-state index contributed by atoms with van der Waals surface area (Å²) in [6.45, 7) is 5.41. The molecule has 0 fully saturated rings. The number of sulfonamides is 2. The zero-order chi connectivity index (χ0) is 21.8. The van der Waals surface area contributed by atoms with Crippen molar-refractivity contribution in [2.75, 3.05) is 11.9 Å². The lowest BCUT2D eigenvalue weighted by Gasteiger charge is -2.15. The van der Waals surface area contributed by atoms with E-state index in [-0.39, 0.29) is 9.79 Å². The van der Waals surface area contributed by atoms with Crippen LogP contribution in [0.3, 0.4) is 0 Å². The van der Waals surface area contributed by atoms with E-state index in [1.54, 1.807) is 13.0 Å².